The van der Waals surface area contributed by atoms with Crippen LogP contribution in [0.3, 0.4) is 0 Å². The Morgan fingerprint density at radius 3 is 2.45 bits per heavy atom. The molecule has 112 valence electrons. The molecule has 0 unspecified atom stereocenters. The fourth-order valence-corrected chi connectivity index (χ4v) is 1.65. The number of nitrogens with one attached hydrogen (secondary N) is 1. The molecule has 0 fully saturated rings. The van der Waals surface area contributed by atoms with Crippen molar-refractivity contribution in [3.05, 3.63) is 30.3 Å². The van der Waals surface area contributed by atoms with Crippen LogP contribution in [0.25, 0.3) is 0 Å². The molecule has 1 rings (SSSR count). The summed E-state index contributed by atoms with van der Waals surface area (Å²) in [5, 5.41) is 1.86. The average Bonchev–Trinajstić information content (AvgIpc) is 2.41. The first-order valence-electron chi connectivity index (χ1n) is 6.26. The zero-order valence-electron chi connectivity index (χ0n) is 11.0. The highest BCUT2D eigenvalue weighted by molar-refractivity contribution is 5.81. The minimum Gasteiger partial charge on any atom is -0.362 e. The molecule has 7 heteroatoms. The minimum absolute atomic E-state index is 0.125. The predicted molar refractivity (Wildman–Crippen MR) is 71.4 cm³/mol. The number of rotatable bonds is 7. The summed E-state index contributed by atoms with van der Waals surface area (Å²) in [6.45, 7) is -0.473. The summed E-state index contributed by atoms with van der Waals surface area (Å²) in [7, 11) is 0. The van der Waals surface area contributed by atoms with E-state index in [2.05, 4.69) is 0 Å². The zero-order valence-corrected chi connectivity index (χ0v) is 11.0. The molecule has 1 aromatic rings. The first-order chi connectivity index (χ1) is 9.42. The second-order valence-corrected chi connectivity index (χ2v) is 4.29. The Kier molecular flexibility index (Phi) is 6.30. The number of para-hydroxylation sites is 1. The van der Waals surface area contributed by atoms with Crippen molar-refractivity contribution in [1.29, 1.82) is 0 Å². The SMILES string of the molecule is NCCCN(CC(=O)NCC(F)(F)F)c1ccccc1. The molecule has 20 heavy (non-hydrogen) atoms. The number of amides is 1. The van der Waals surface area contributed by atoms with Crippen molar-refractivity contribution in [2.24, 2.45) is 5.73 Å². The summed E-state index contributed by atoms with van der Waals surface area (Å²) >= 11 is 0. The number of carbonyl (C=O) groups is 1. The molecule has 3 N–H and O–H groups in total. The van der Waals surface area contributed by atoms with Crippen molar-refractivity contribution in [3.63, 3.8) is 0 Å². The molecule has 0 aliphatic carbocycles. The van der Waals surface area contributed by atoms with Crippen LogP contribution in [0.1, 0.15) is 6.42 Å². The molecule has 0 aliphatic rings. The maximum atomic E-state index is 12.0. The average molecular weight is 289 g/mol. The van der Waals surface area contributed by atoms with Crippen molar-refractivity contribution in [2.75, 3.05) is 31.1 Å². The van der Waals surface area contributed by atoms with E-state index < -0.39 is 18.6 Å². The molecule has 0 atom stereocenters. The fourth-order valence-electron chi connectivity index (χ4n) is 1.65. The Hall–Kier alpha value is -1.76. The number of hydrogen-bond donors (Lipinski definition) is 2. The van der Waals surface area contributed by atoms with Crippen LogP contribution in [0, 0.1) is 0 Å². The number of halogens is 3. The van der Waals surface area contributed by atoms with Gasteiger partial charge >= 0.3 is 6.18 Å². The number of nitrogens with zero attached hydrogens (tertiary/aromatic N) is 1. The van der Waals surface area contributed by atoms with Gasteiger partial charge in [-0.2, -0.15) is 13.2 Å². The Labute approximate surface area is 115 Å². The maximum Gasteiger partial charge on any atom is 0.405 e. The van der Waals surface area contributed by atoms with E-state index in [1.807, 2.05) is 11.4 Å². The van der Waals surface area contributed by atoms with E-state index in [4.69, 9.17) is 5.73 Å². The van der Waals surface area contributed by atoms with Crippen molar-refractivity contribution >= 4 is 11.6 Å². The highest BCUT2D eigenvalue weighted by Gasteiger charge is 2.27. The summed E-state index contributed by atoms with van der Waals surface area (Å²) in [4.78, 5) is 13.3. The van der Waals surface area contributed by atoms with Gasteiger partial charge in [-0.15, -0.1) is 0 Å². The quantitative estimate of drug-likeness (QED) is 0.800. The van der Waals surface area contributed by atoms with Gasteiger partial charge in [0.25, 0.3) is 0 Å². The molecule has 0 radical (unpaired) electrons. The summed E-state index contributed by atoms with van der Waals surface area (Å²) in [5.41, 5.74) is 6.21. The van der Waals surface area contributed by atoms with E-state index in [1.165, 1.54) is 0 Å². The first kappa shape index (κ1) is 16.3. The van der Waals surface area contributed by atoms with Crippen molar-refractivity contribution in [2.45, 2.75) is 12.6 Å². The van der Waals surface area contributed by atoms with Gasteiger partial charge in [0, 0.05) is 12.2 Å². The molecule has 0 bridgehead atoms. The summed E-state index contributed by atoms with van der Waals surface area (Å²) in [6, 6.07) is 9.03. The second kappa shape index (κ2) is 7.74. The van der Waals surface area contributed by atoms with E-state index in [9.17, 15) is 18.0 Å². The van der Waals surface area contributed by atoms with Gasteiger partial charge in [-0.1, -0.05) is 18.2 Å². The molecule has 0 aromatic heterocycles. The molecular formula is C13H18F3N3O. The maximum absolute atomic E-state index is 12.0. The minimum atomic E-state index is -4.40. The van der Waals surface area contributed by atoms with Gasteiger partial charge < -0.3 is 16.0 Å². The van der Waals surface area contributed by atoms with Gasteiger partial charge in [0.05, 0.1) is 6.54 Å². The number of carbonyl (C=O) groups excluding carboxylic acids is 1. The van der Waals surface area contributed by atoms with Gasteiger partial charge in [0.2, 0.25) is 5.91 Å². The van der Waals surface area contributed by atoms with Crippen LogP contribution in [0.15, 0.2) is 30.3 Å². The molecule has 1 amide bonds. The van der Waals surface area contributed by atoms with Gasteiger partial charge in [0.15, 0.2) is 0 Å². The van der Waals surface area contributed by atoms with Crippen LogP contribution in [0.4, 0.5) is 18.9 Å². The fraction of sp³-hybridized carbons (Fsp3) is 0.462. The van der Waals surface area contributed by atoms with Crippen molar-refractivity contribution in [1.82, 2.24) is 5.32 Å². The monoisotopic (exact) mass is 289 g/mol. The Morgan fingerprint density at radius 2 is 1.90 bits per heavy atom. The van der Waals surface area contributed by atoms with E-state index in [1.54, 1.807) is 29.2 Å². The normalized spacial score (nSPS) is 11.2. The lowest BCUT2D eigenvalue weighted by Gasteiger charge is -2.24. The number of benzene rings is 1. The molecule has 0 aliphatic heterocycles. The highest BCUT2D eigenvalue weighted by atomic mass is 19.4. The van der Waals surface area contributed by atoms with Crippen molar-refractivity contribution in [3.8, 4) is 0 Å². The molecule has 4 nitrogen and oxygen atoms in total. The van der Waals surface area contributed by atoms with Gasteiger partial charge in [-0.3, -0.25) is 4.79 Å². The summed E-state index contributed by atoms with van der Waals surface area (Å²) in [5.74, 6) is -0.664. The molecular weight excluding hydrogens is 271 g/mol. The third kappa shape index (κ3) is 6.42. The van der Waals surface area contributed by atoms with Crippen LogP contribution >= 0.6 is 0 Å². The lowest BCUT2D eigenvalue weighted by Crippen LogP contribution is -2.41. The number of nitrogens with two attached hydrogens (primary N) is 1. The summed E-state index contributed by atoms with van der Waals surface area (Å²) < 4.78 is 36.1. The van der Waals surface area contributed by atoms with Gasteiger partial charge in [-0.05, 0) is 25.1 Å². The smallest absolute Gasteiger partial charge is 0.362 e. The van der Waals surface area contributed by atoms with Crippen LogP contribution in [-0.4, -0.2) is 38.3 Å². The largest absolute Gasteiger partial charge is 0.405 e. The Morgan fingerprint density at radius 1 is 1.25 bits per heavy atom. The van der Waals surface area contributed by atoms with Crippen LogP contribution in [0.2, 0.25) is 0 Å². The van der Waals surface area contributed by atoms with Crippen molar-refractivity contribution < 1.29 is 18.0 Å². The van der Waals surface area contributed by atoms with E-state index in [0.29, 0.717) is 19.5 Å². The third-order valence-corrected chi connectivity index (χ3v) is 2.57. The van der Waals surface area contributed by atoms with E-state index in [-0.39, 0.29) is 6.54 Å². The Balaban J connectivity index is 2.59. The number of alkyl halides is 3. The van der Waals surface area contributed by atoms with Gasteiger partial charge in [0.1, 0.15) is 6.54 Å². The zero-order chi connectivity index (χ0) is 15.0. The number of anilines is 1. The second-order valence-electron chi connectivity index (χ2n) is 4.29. The third-order valence-electron chi connectivity index (χ3n) is 2.57. The van der Waals surface area contributed by atoms with Crippen LogP contribution in [-0.2, 0) is 4.79 Å². The molecule has 0 heterocycles. The molecule has 0 spiro atoms. The highest BCUT2D eigenvalue weighted by Crippen LogP contribution is 2.14. The van der Waals surface area contributed by atoms with Gasteiger partial charge in [-0.25, -0.2) is 0 Å². The molecule has 1 aromatic carbocycles. The predicted octanol–water partition coefficient (Wildman–Crippen LogP) is 1.52. The Bertz CT molecular complexity index is 409. The molecule has 0 saturated carbocycles. The lowest BCUT2D eigenvalue weighted by molar-refractivity contribution is -0.137. The topological polar surface area (TPSA) is 58.4 Å². The van der Waals surface area contributed by atoms with E-state index in [0.717, 1.165) is 5.69 Å². The molecule has 0 saturated heterocycles. The lowest BCUT2D eigenvalue weighted by atomic mass is 10.2. The number of hydrogen-bond acceptors (Lipinski definition) is 3. The van der Waals surface area contributed by atoms with Crippen LogP contribution < -0.4 is 16.0 Å². The van der Waals surface area contributed by atoms with E-state index >= 15 is 0 Å². The standard InChI is InChI=1S/C13H18F3N3O/c14-13(15,16)10-18-12(20)9-19(8-4-7-17)11-5-2-1-3-6-11/h1-3,5-6H,4,7-10,17H2,(H,18,20). The van der Waals surface area contributed by atoms with Crippen LogP contribution in [0.5, 0.6) is 0 Å². The summed E-state index contributed by atoms with van der Waals surface area (Å²) in [6.07, 6.45) is -3.74. The first-order valence-corrected chi connectivity index (χ1v) is 6.26.